The minimum atomic E-state index is -3.88. The summed E-state index contributed by atoms with van der Waals surface area (Å²) >= 11 is 0. The second kappa shape index (κ2) is 9.44. The third-order valence-electron chi connectivity index (χ3n) is 7.21. The second-order valence-electron chi connectivity index (χ2n) is 10.9. The summed E-state index contributed by atoms with van der Waals surface area (Å²) in [6.07, 6.45) is -0.586. The maximum absolute atomic E-state index is 13.7. The normalized spacial score (nSPS) is 20.1. The lowest BCUT2D eigenvalue weighted by Crippen LogP contribution is -2.56. The molecular formula is C24H34F2N5O4S-. The van der Waals surface area contributed by atoms with E-state index in [0.717, 1.165) is 16.2 Å². The molecule has 2 heterocycles. The van der Waals surface area contributed by atoms with Gasteiger partial charge in [0.05, 0.1) is 16.7 Å². The first-order chi connectivity index (χ1) is 16.7. The molecule has 0 spiro atoms. The molecule has 36 heavy (non-hydrogen) atoms. The monoisotopic (exact) mass is 526 g/mol. The molecule has 1 aliphatic heterocycles. The predicted molar refractivity (Wildman–Crippen MR) is 131 cm³/mol. The number of halogens is 2. The molecule has 2 aliphatic rings. The number of hydrogen-bond donors (Lipinski definition) is 0. The SMILES string of the molecule is CN(c1ccc2c(c1)nc(C(C)(C)C)n2CC1CCC(F)(F)CC1)S(=O)(=O)N1CCN(C(=O)[O-])CC1. The fourth-order valence-electron chi connectivity index (χ4n) is 5.02. The summed E-state index contributed by atoms with van der Waals surface area (Å²) in [6.45, 7) is 6.94. The van der Waals surface area contributed by atoms with E-state index in [9.17, 15) is 27.1 Å². The highest BCUT2D eigenvalue weighted by Crippen LogP contribution is 2.38. The van der Waals surface area contributed by atoms with Crippen LogP contribution in [0.4, 0.5) is 19.3 Å². The van der Waals surface area contributed by atoms with Crippen molar-refractivity contribution in [1.82, 2.24) is 18.8 Å². The highest BCUT2D eigenvalue weighted by molar-refractivity contribution is 7.90. The van der Waals surface area contributed by atoms with Crippen molar-refractivity contribution >= 4 is 33.0 Å². The third kappa shape index (κ3) is 5.29. The fraction of sp³-hybridized carbons (Fsp3) is 0.667. The molecule has 2 aromatic rings. The van der Waals surface area contributed by atoms with Gasteiger partial charge in [-0.15, -0.1) is 0 Å². The average molecular weight is 527 g/mol. The Morgan fingerprint density at radius 1 is 1.17 bits per heavy atom. The number of aromatic nitrogens is 2. The number of nitrogens with zero attached hydrogens (tertiary/aromatic N) is 5. The van der Waals surface area contributed by atoms with E-state index in [2.05, 4.69) is 4.57 Å². The number of hydrogen-bond acceptors (Lipinski definition) is 5. The number of piperazine rings is 1. The number of rotatable bonds is 5. The fourth-order valence-corrected chi connectivity index (χ4v) is 6.37. The zero-order valence-electron chi connectivity index (χ0n) is 21.2. The van der Waals surface area contributed by atoms with Gasteiger partial charge in [0.15, 0.2) is 0 Å². The molecule has 0 unspecified atom stereocenters. The van der Waals surface area contributed by atoms with Gasteiger partial charge in [0.1, 0.15) is 11.9 Å². The molecular weight excluding hydrogens is 492 g/mol. The molecule has 4 rings (SSSR count). The number of carbonyl (C=O) groups is 1. The Bertz CT molecular complexity index is 1220. The Morgan fingerprint density at radius 2 is 1.78 bits per heavy atom. The van der Waals surface area contributed by atoms with Crippen LogP contribution < -0.4 is 9.41 Å². The largest absolute Gasteiger partial charge is 0.530 e. The van der Waals surface area contributed by atoms with Crippen LogP contribution in [-0.2, 0) is 22.2 Å². The average Bonchev–Trinajstić information content (AvgIpc) is 3.18. The topological polar surface area (TPSA) is 102 Å². The van der Waals surface area contributed by atoms with Crippen LogP contribution in [0, 0.1) is 5.92 Å². The van der Waals surface area contributed by atoms with E-state index in [1.807, 2.05) is 26.8 Å². The van der Waals surface area contributed by atoms with Gasteiger partial charge in [-0.25, -0.2) is 13.8 Å². The van der Waals surface area contributed by atoms with Crippen molar-refractivity contribution in [3.05, 3.63) is 24.0 Å². The summed E-state index contributed by atoms with van der Waals surface area (Å²) in [5, 5.41) is 11.0. The van der Waals surface area contributed by atoms with Crippen molar-refractivity contribution < 1.29 is 27.1 Å². The van der Waals surface area contributed by atoms with Crippen molar-refractivity contribution in [2.45, 2.75) is 64.3 Å². The first kappa shape index (κ1) is 26.6. The van der Waals surface area contributed by atoms with Gasteiger partial charge in [-0.05, 0) is 37.0 Å². The molecule has 9 nitrogen and oxygen atoms in total. The molecule has 1 aromatic carbocycles. The van der Waals surface area contributed by atoms with E-state index >= 15 is 0 Å². The van der Waals surface area contributed by atoms with E-state index in [4.69, 9.17) is 4.98 Å². The van der Waals surface area contributed by atoms with Crippen molar-refractivity contribution in [2.24, 2.45) is 5.92 Å². The van der Waals surface area contributed by atoms with E-state index in [-0.39, 0.29) is 50.4 Å². The summed E-state index contributed by atoms with van der Waals surface area (Å²) in [5.74, 6) is -1.62. The van der Waals surface area contributed by atoms with Gasteiger partial charge >= 0.3 is 10.2 Å². The van der Waals surface area contributed by atoms with Crippen LogP contribution in [0.5, 0.6) is 0 Å². The molecule has 0 radical (unpaired) electrons. The quantitative estimate of drug-likeness (QED) is 0.596. The maximum Gasteiger partial charge on any atom is 0.303 e. The zero-order valence-corrected chi connectivity index (χ0v) is 22.0. The number of fused-ring (bicyclic) bond motifs is 1. The maximum atomic E-state index is 13.7. The second-order valence-corrected chi connectivity index (χ2v) is 12.9. The molecule has 1 saturated carbocycles. The van der Waals surface area contributed by atoms with Gasteiger partial charge in [-0.3, -0.25) is 4.31 Å². The molecule has 0 N–H and O–H groups in total. The van der Waals surface area contributed by atoms with Crippen LogP contribution in [-0.4, -0.2) is 72.4 Å². The minimum Gasteiger partial charge on any atom is -0.530 e. The third-order valence-corrected chi connectivity index (χ3v) is 9.13. The van der Waals surface area contributed by atoms with Crippen molar-refractivity contribution in [2.75, 3.05) is 37.5 Å². The van der Waals surface area contributed by atoms with Gasteiger partial charge in [-0.1, -0.05) is 20.8 Å². The number of benzene rings is 1. The standard InChI is InChI=1S/C24H35F2N5O4S/c1-23(2,3)21-27-19-15-18(28(4)36(34,35)30-13-11-29(12-14-30)22(32)33)5-6-20(19)31(21)16-17-7-9-24(25,26)10-8-17/h5-6,15,17H,7-14,16H2,1-4H3,(H,32,33)/p-1. The number of carbonyl (C=O) groups excluding carboxylic acids is 1. The van der Waals surface area contributed by atoms with E-state index in [1.54, 1.807) is 12.1 Å². The molecule has 1 saturated heterocycles. The Labute approximate surface area is 210 Å². The summed E-state index contributed by atoms with van der Waals surface area (Å²) in [7, 11) is -2.41. The first-order valence-corrected chi connectivity index (χ1v) is 13.7. The van der Waals surface area contributed by atoms with Gasteiger partial charge in [0.2, 0.25) is 5.92 Å². The Hall–Kier alpha value is -2.47. The summed E-state index contributed by atoms with van der Waals surface area (Å²) < 4.78 is 58.3. The van der Waals surface area contributed by atoms with Gasteiger partial charge in [0.25, 0.3) is 0 Å². The van der Waals surface area contributed by atoms with Crippen LogP contribution >= 0.6 is 0 Å². The van der Waals surface area contributed by atoms with E-state index < -0.39 is 22.2 Å². The summed E-state index contributed by atoms with van der Waals surface area (Å²) in [6, 6.07) is 5.28. The molecule has 0 bridgehead atoms. The first-order valence-electron chi connectivity index (χ1n) is 12.3. The Balaban J connectivity index is 1.60. The number of imidazole rings is 1. The zero-order chi connectivity index (χ0) is 26.5. The molecule has 1 aliphatic carbocycles. The molecule has 0 atom stereocenters. The van der Waals surface area contributed by atoms with Crippen molar-refractivity contribution in [3.8, 4) is 0 Å². The number of anilines is 1. The van der Waals surface area contributed by atoms with Gasteiger partial charge in [0, 0.05) is 58.0 Å². The van der Waals surface area contributed by atoms with Crippen LogP contribution in [0.2, 0.25) is 0 Å². The predicted octanol–water partition coefficient (Wildman–Crippen LogP) is 2.80. The van der Waals surface area contributed by atoms with Gasteiger partial charge in [-0.2, -0.15) is 12.7 Å². The molecule has 2 fully saturated rings. The smallest absolute Gasteiger partial charge is 0.303 e. The van der Waals surface area contributed by atoms with Crippen molar-refractivity contribution in [3.63, 3.8) is 0 Å². The number of amides is 1. The highest BCUT2D eigenvalue weighted by Gasteiger charge is 2.36. The lowest BCUT2D eigenvalue weighted by molar-refractivity contribution is -0.266. The molecule has 12 heteroatoms. The van der Waals surface area contributed by atoms with Crippen LogP contribution in [0.1, 0.15) is 52.3 Å². The summed E-state index contributed by atoms with van der Waals surface area (Å²) in [4.78, 5) is 17.0. The number of carboxylic acid groups (broad SMARTS) is 1. The minimum absolute atomic E-state index is 0.0477. The Morgan fingerprint density at radius 3 is 2.33 bits per heavy atom. The number of alkyl halides is 2. The molecule has 1 aromatic heterocycles. The van der Waals surface area contributed by atoms with Crippen LogP contribution in [0.3, 0.4) is 0 Å². The van der Waals surface area contributed by atoms with E-state index in [0.29, 0.717) is 30.6 Å². The lowest BCUT2D eigenvalue weighted by Gasteiger charge is -2.37. The van der Waals surface area contributed by atoms with Crippen LogP contribution in [0.15, 0.2) is 18.2 Å². The highest BCUT2D eigenvalue weighted by atomic mass is 32.2. The molecule has 200 valence electrons. The van der Waals surface area contributed by atoms with Gasteiger partial charge < -0.3 is 19.4 Å². The van der Waals surface area contributed by atoms with Crippen LogP contribution in [0.25, 0.3) is 11.0 Å². The Kier molecular flexibility index (Phi) is 6.97. The van der Waals surface area contributed by atoms with Crippen molar-refractivity contribution in [1.29, 1.82) is 0 Å². The summed E-state index contributed by atoms with van der Waals surface area (Å²) in [5.41, 5.74) is 1.62. The van der Waals surface area contributed by atoms with E-state index in [1.165, 1.54) is 15.7 Å². The lowest BCUT2D eigenvalue weighted by atomic mass is 9.86. The molecule has 1 amide bonds.